The van der Waals surface area contributed by atoms with Crippen molar-refractivity contribution in [3.63, 3.8) is 0 Å². The molecule has 0 radical (unpaired) electrons. The standard InChI is InChI=1S/C15H24N2O2S/c1-12(15-7-5-4-6-8-15)11-20(18,19)17-13(2)9-16-10-14(17)3/h4-8,12-14,16H,9-11H2,1-3H3. The quantitative estimate of drug-likeness (QED) is 0.922. The summed E-state index contributed by atoms with van der Waals surface area (Å²) in [5.41, 5.74) is 1.08. The first-order valence-electron chi connectivity index (χ1n) is 7.18. The molecule has 3 atom stereocenters. The lowest BCUT2D eigenvalue weighted by molar-refractivity contribution is 0.219. The molecular weight excluding hydrogens is 272 g/mol. The summed E-state index contributed by atoms with van der Waals surface area (Å²) < 4.78 is 27.1. The van der Waals surface area contributed by atoms with Gasteiger partial charge >= 0.3 is 0 Å². The largest absolute Gasteiger partial charge is 0.314 e. The van der Waals surface area contributed by atoms with Crippen LogP contribution in [0.1, 0.15) is 32.3 Å². The highest BCUT2D eigenvalue weighted by Crippen LogP contribution is 2.22. The van der Waals surface area contributed by atoms with Crippen molar-refractivity contribution in [2.24, 2.45) is 0 Å². The van der Waals surface area contributed by atoms with Crippen LogP contribution in [0.3, 0.4) is 0 Å². The highest BCUT2D eigenvalue weighted by atomic mass is 32.2. The Morgan fingerprint density at radius 1 is 1.20 bits per heavy atom. The van der Waals surface area contributed by atoms with E-state index in [1.54, 1.807) is 4.31 Å². The van der Waals surface area contributed by atoms with Gasteiger partial charge in [-0.25, -0.2) is 8.42 Å². The second-order valence-electron chi connectivity index (χ2n) is 5.78. The Kier molecular flexibility index (Phi) is 4.83. The van der Waals surface area contributed by atoms with Crippen LogP contribution in [0.4, 0.5) is 0 Å². The van der Waals surface area contributed by atoms with Crippen LogP contribution in [-0.2, 0) is 10.0 Å². The van der Waals surface area contributed by atoms with Gasteiger partial charge in [-0.15, -0.1) is 0 Å². The average molecular weight is 296 g/mol. The molecule has 1 aliphatic heterocycles. The lowest BCUT2D eigenvalue weighted by Crippen LogP contribution is -2.57. The van der Waals surface area contributed by atoms with E-state index in [2.05, 4.69) is 5.32 Å². The molecule has 0 spiro atoms. The van der Waals surface area contributed by atoms with Gasteiger partial charge in [0.15, 0.2) is 0 Å². The third-order valence-electron chi connectivity index (χ3n) is 3.90. The van der Waals surface area contributed by atoms with Crippen LogP contribution in [0, 0.1) is 0 Å². The van der Waals surface area contributed by atoms with E-state index in [9.17, 15) is 8.42 Å². The monoisotopic (exact) mass is 296 g/mol. The molecule has 1 aliphatic rings. The fourth-order valence-corrected chi connectivity index (χ4v) is 5.19. The number of piperazine rings is 1. The van der Waals surface area contributed by atoms with E-state index in [4.69, 9.17) is 0 Å². The van der Waals surface area contributed by atoms with Crippen molar-refractivity contribution in [2.45, 2.75) is 38.8 Å². The molecule has 5 heteroatoms. The number of hydrogen-bond acceptors (Lipinski definition) is 3. The molecule has 1 N–H and O–H groups in total. The van der Waals surface area contributed by atoms with E-state index < -0.39 is 10.0 Å². The average Bonchev–Trinajstić information content (AvgIpc) is 2.38. The minimum absolute atomic E-state index is 0.00971. The molecule has 0 amide bonds. The predicted molar refractivity (Wildman–Crippen MR) is 82.3 cm³/mol. The molecule has 2 rings (SSSR count). The van der Waals surface area contributed by atoms with Crippen LogP contribution in [0.15, 0.2) is 30.3 Å². The van der Waals surface area contributed by atoms with E-state index in [-0.39, 0.29) is 23.8 Å². The zero-order chi connectivity index (χ0) is 14.8. The molecule has 0 aromatic heterocycles. The maximum Gasteiger partial charge on any atom is 0.215 e. The van der Waals surface area contributed by atoms with Gasteiger partial charge in [0.25, 0.3) is 0 Å². The predicted octanol–water partition coefficient (Wildman–Crippen LogP) is 1.80. The summed E-state index contributed by atoms with van der Waals surface area (Å²) in [6.07, 6.45) is 0. The zero-order valence-corrected chi connectivity index (χ0v) is 13.2. The van der Waals surface area contributed by atoms with Crippen LogP contribution in [0.25, 0.3) is 0 Å². The first kappa shape index (κ1) is 15.5. The minimum Gasteiger partial charge on any atom is -0.314 e. The number of nitrogens with zero attached hydrogens (tertiary/aromatic N) is 1. The molecule has 0 bridgehead atoms. The van der Waals surface area contributed by atoms with Crippen LogP contribution < -0.4 is 5.32 Å². The molecule has 1 heterocycles. The van der Waals surface area contributed by atoms with Gasteiger partial charge in [0.05, 0.1) is 5.75 Å². The molecule has 1 saturated heterocycles. The van der Waals surface area contributed by atoms with Crippen molar-refractivity contribution >= 4 is 10.0 Å². The lowest BCUT2D eigenvalue weighted by Gasteiger charge is -2.38. The Labute approximate surface area is 122 Å². The number of rotatable bonds is 4. The first-order chi connectivity index (χ1) is 9.42. The molecule has 112 valence electrons. The fraction of sp³-hybridized carbons (Fsp3) is 0.600. The molecule has 1 fully saturated rings. The van der Waals surface area contributed by atoms with E-state index in [1.165, 1.54) is 0 Å². The summed E-state index contributed by atoms with van der Waals surface area (Å²) in [4.78, 5) is 0. The Bertz CT molecular complexity index is 520. The normalized spacial score (nSPS) is 26.4. The van der Waals surface area contributed by atoms with Gasteiger partial charge in [0.1, 0.15) is 0 Å². The molecule has 0 aliphatic carbocycles. The van der Waals surface area contributed by atoms with Gasteiger partial charge in [0, 0.05) is 25.2 Å². The van der Waals surface area contributed by atoms with Crippen molar-refractivity contribution in [3.8, 4) is 0 Å². The summed E-state index contributed by atoms with van der Waals surface area (Å²) in [6, 6.07) is 9.88. The van der Waals surface area contributed by atoms with E-state index in [0.717, 1.165) is 18.7 Å². The van der Waals surface area contributed by atoms with Gasteiger partial charge in [0.2, 0.25) is 10.0 Å². The smallest absolute Gasteiger partial charge is 0.215 e. The molecule has 0 saturated carbocycles. The van der Waals surface area contributed by atoms with Gasteiger partial charge in [-0.1, -0.05) is 37.3 Å². The highest BCUT2D eigenvalue weighted by Gasteiger charge is 2.35. The molecule has 1 aromatic carbocycles. The third kappa shape index (κ3) is 3.40. The summed E-state index contributed by atoms with van der Waals surface area (Å²) in [7, 11) is -3.24. The van der Waals surface area contributed by atoms with Crippen LogP contribution in [-0.4, -0.2) is 43.6 Å². The minimum atomic E-state index is -3.24. The Morgan fingerprint density at radius 2 is 1.75 bits per heavy atom. The van der Waals surface area contributed by atoms with Crippen molar-refractivity contribution in [1.82, 2.24) is 9.62 Å². The Hall–Kier alpha value is -0.910. The molecular formula is C15H24N2O2S. The van der Waals surface area contributed by atoms with Crippen molar-refractivity contribution < 1.29 is 8.42 Å². The second-order valence-corrected chi connectivity index (χ2v) is 7.70. The van der Waals surface area contributed by atoms with Gasteiger partial charge < -0.3 is 5.32 Å². The molecule has 3 unspecified atom stereocenters. The fourth-order valence-electron chi connectivity index (χ4n) is 2.94. The zero-order valence-electron chi connectivity index (χ0n) is 12.4. The van der Waals surface area contributed by atoms with Crippen LogP contribution in [0.2, 0.25) is 0 Å². The molecule has 20 heavy (non-hydrogen) atoms. The summed E-state index contributed by atoms with van der Waals surface area (Å²) in [6.45, 7) is 7.36. The highest BCUT2D eigenvalue weighted by molar-refractivity contribution is 7.89. The molecule has 1 aromatic rings. The summed E-state index contributed by atoms with van der Waals surface area (Å²) in [5, 5.41) is 3.27. The number of hydrogen-bond donors (Lipinski definition) is 1. The van der Waals surface area contributed by atoms with E-state index in [1.807, 2.05) is 51.1 Å². The number of benzene rings is 1. The van der Waals surface area contributed by atoms with E-state index >= 15 is 0 Å². The van der Waals surface area contributed by atoms with Crippen LogP contribution >= 0.6 is 0 Å². The Balaban J connectivity index is 2.14. The topological polar surface area (TPSA) is 49.4 Å². The number of sulfonamides is 1. The first-order valence-corrected chi connectivity index (χ1v) is 8.79. The Morgan fingerprint density at radius 3 is 2.30 bits per heavy atom. The maximum atomic E-state index is 12.7. The van der Waals surface area contributed by atoms with Crippen LogP contribution in [0.5, 0.6) is 0 Å². The maximum absolute atomic E-state index is 12.7. The van der Waals surface area contributed by atoms with Gasteiger partial charge in [-0.2, -0.15) is 4.31 Å². The van der Waals surface area contributed by atoms with Gasteiger partial charge in [-0.3, -0.25) is 0 Å². The third-order valence-corrected chi connectivity index (χ3v) is 6.18. The molecule has 4 nitrogen and oxygen atoms in total. The second kappa shape index (κ2) is 6.24. The lowest BCUT2D eigenvalue weighted by atomic mass is 10.0. The van der Waals surface area contributed by atoms with Gasteiger partial charge in [-0.05, 0) is 25.3 Å². The summed E-state index contributed by atoms with van der Waals surface area (Å²) in [5.74, 6) is 0.182. The summed E-state index contributed by atoms with van der Waals surface area (Å²) >= 11 is 0. The number of nitrogens with one attached hydrogen (secondary N) is 1. The van der Waals surface area contributed by atoms with Crippen molar-refractivity contribution in [2.75, 3.05) is 18.8 Å². The van der Waals surface area contributed by atoms with Crippen molar-refractivity contribution in [1.29, 1.82) is 0 Å². The van der Waals surface area contributed by atoms with Crippen molar-refractivity contribution in [3.05, 3.63) is 35.9 Å². The SMILES string of the molecule is CC(CS(=O)(=O)N1C(C)CNCC1C)c1ccccc1. The van der Waals surface area contributed by atoms with E-state index in [0.29, 0.717) is 0 Å².